The highest BCUT2D eigenvalue weighted by Gasteiger charge is 2.77. The molecule has 0 aliphatic rings. The lowest BCUT2D eigenvalue weighted by Crippen LogP contribution is -2.56. The molecule has 0 N–H and O–H groups in total. The van der Waals surface area contributed by atoms with Crippen molar-refractivity contribution < 1.29 is 40.3 Å². The first-order valence-electron chi connectivity index (χ1n) is 13.0. The van der Waals surface area contributed by atoms with Gasteiger partial charge in [0, 0.05) is 0 Å². The zero-order valence-electron chi connectivity index (χ0n) is 20.6. The Hall–Kier alpha value is -1.02. The van der Waals surface area contributed by atoms with Crippen LogP contribution in [0, 0.1) is 0 Å². The third kappa shape index (κ3) is 13.8. The second-order valence-electron chi connectivity index (χ2n) is 9.15. The summed E-state index contributed by atoms with van der Waals surface area (Å²) in [5, 5.41) is 0. The van der Waals surface area contributed by atoms with Gasteiger partial charge in [-0.2, -0.15) is 30.7 Å². The van der Waals surface area contributed by atoms with E-state index >= 15 is 0 Å². The van der Waals surface area contributed by atoms with Crippen molar-refractivity contribution in [3.63, 3.8) is 0 Å². The predicted octanol–water partition coefficient (Wildman–Crippen LogP) is 9.79. The molecule has 0 saturated heterocycles. The largest absolute Gasteiger partial charge is 0.461 e. The van der Waals surface area contributed by atoms with Crippen molar-refractivity contribution in [3.05, 3.63) is 0 Å². The number of hydrogen-bond acceptors (Lipinski definition) is 2. The van der Waals surface area contributed by atoms with E-state index < -0.39 is 30.6 Å². The van der Waals surface area contributed by atoms with E-state index in [0.717, 1.165) is 32.1 Å². The van der Waals surface area contributed by atoms with E-state index in [4.69, 9.17) is 0 Å². The molecule has 204 valence electrons. The summed E-state index contributed by atoms with van der Waals surface area (Å²) in [7, 11) is 0. The lowest BCUT2D eigenvalue weighted by atomic mass is 10.0. The highest BCUT2D eigenvalue weighted by atomic mass is 19.4. The molecule has 0 unspecified atom stereocenters. The van der Waals surface area contributed by atoms with Crippen molar-refractivity contribution >= 4 is 5.97 Å². The minimum Gasteiger partial charge on any atom is -0.461 e. The molecule has 0 saturated carbocycles. The Morgan fingerprint density at radius 1 is 0.529 bits per heavy atom. The summed E-state index contributed by atoms with van der Waals surface area (Å²) in [5.41, 5.74) is 0. The van der Waals surface area contributed by atoms with Crippen molar-refractivity contribution in [2.24, 2.45) is 0 Å². The maximum Gasteiger partial charge on any atom is 0.460 e. The number of hydrogen-bond donors (Lipinski definition) is 0. The molecule has 0 aliphatic heterocycles. The van der Waals surface area contributed by atoms with Gasteiger partial charge in [-0.05, 0) is 6.42 Å². The molecule has 0 radical (unpaired) electrons. The molecule has 0 fully saturated rings. The van der Waals surface area contributed by atoms with E-state index in [2.05, 4.69) is 11.7 Å². The minimum atomic E-state index is -6.54. The molecule has 0 rings (SSSR count). The molecule has 0 aromatic heterocycles. The van der Waals surface area contributed by atoms with Crippen LogP contribution in [0.1, 0.15) is 129 Å². The summed E-state index contributed by atoms with van der Waals surface area (Å²) in [5.74, 6) is -15.3. The van der Waals surface area contributed by atoms with Crippen LogP contribution < -0.4 is 0 Å². The van der Waals surface area contributed by atoms with Crippen LogP contribution in [0.3, 0.4) is 0 Å². The van der Waals surface area contributed by atoms with Gasteiger partial charge >= 0.3 is 24.0 Å². The van der Waals surface area contributed by atoms with Crippen LogP contribution in [-0.4, -0.2) is 30.6 Å². The van der Waals surface area contributed by atoms with Gasteiger partial charge in [0.25, 0.3) is 0 Å². The van der Waals surface area contributed by atoms with E-state index in [1.165, 1.54) is 77.0 Å². The van der Waals surface area contributed by atoms with Gasteiger partial charge in [-0.15, -0.1) is 0 Å². The third-order valence-electron chi connectivity index (χ3n) is 5.99. The Morgan fingerprint density at radius 2 is 0.824 bits per heavy atom. The maximum atomic E-state index is 13.1. The lowest BCUT2D eigenvalue weighted by molar-refractivity contribution is -0.348. The molecule has 0 spiro atoms. The van der Waals surface area contributed by atoms with Crippen LogP contribution >= 0.6 is 0 Å². The molecule has 0 bridgehead atoms. The molecular weight excluding hydrogens is 465 g/mol. The van der Waals surface area contributed by atoms with E-state index in [0.29, 0.717) is 6.42 Å². The number of esters is 1. The number of alkyl halides is 7. The molecule has 0 atom stereocenters. The molecule has 0 aromatic rings. The standard InChI is InChI=1S/C25H43F7O2/c1-2-3-4-5-6-7-8-9-10-11-12-13-14-15-16-17-18-19-20-21-34-22(33)23(26,27)24(28,29)25(30,31)32/h2-21H2,1H3. The minimum absolute atomic E-state index is 0.137. The zero-order chi connectivity index (χ0) is 25.9. The van der Waals surface area contributed by atoms with Gasteiger partial charge in [-0.3, -0.25) is 0 Å². The summed E-state index contributed by atoms with van der Waals surface area (Å²) in [6.45, 7) is 1.62. The van der Waals surface area contributed by atoms with Crippen molar-refractivity contribution in [3.8, 4) is 0 Å². The van der Waals surface area contributed by atoms with Gasteiger partial charge in [0.1, 0.15) is 0 Å². The molecule has 0 aromatic carbocycles. The third-order valence-corrected chi connectivity index (χ3v) is 5.99. The molecule has 2 nitrogen and oxygen atoms in total. The molecular formula is C25H43F7O2. The predicted molar refractivity (Wildman–Crippen MR) is 120 cm³/mol. The number of ether oxygens (including phenoxy) is 1. The highest BCUT2D eigenvalue weighted by Crippen LogP contribution is 2.47. The van der Waals surface area contributed by atoms with Crippen LogP contribution in [0.2, 0.25) is 0 Å². The summed E-state index contributed by atoms with van der Waals surface area (Å²) in [4.78, 5) is 11.0. The topological polar surface area (TPSA) is 26.3 Å². The zero-order valence-corrected chi connectivity index (χ0v) is 20.6. The van der Waals surface area contributed by atoms with Crippen molar-refractivity contribution in [2.45, 2.75) is 147 Å². The first-order chi connectivity index (χ1) is 16.0. The van der Waals surface area contributed by atoms with E-state index in [1.54, 1.807) is 0 Å². The molecule has 34 heavy (non-hydrogen) atoms. The van der Waals surface area contributed by atoms with Gasteiger partial charge in [0.05, 0.1) is 6.61 Å². The fourth-order valence-electron chi connectivity index (χ4n) is 3.74. The second kappa shape index (κ2) is 18.3. The number of carbonyl (C=O) groups excluding carboxylic acids is 1. The number of rotatable bonds is 22. The fourth-order valence-corrected chi connectivity index (χ4v) is 3.74. The molecule has 0 heterocycles. The van der Waals surface area contributed by atoms with Crippen LogP contribution in [0.15, 0.2) is 0 Å². The van der Waals surface area contributed by atoms with E-state index in [1.807, 2.05) is 0 Å². The molecule has 0 amide bonds. The monoisotopic (exact) mass is 508 g/mol. The van der Waals surface area contributed by atoms with Crippen LogP contribution in [-0.2, 0) is 9.53 Å². The van der Waals surface area contributed by atoms with Crippen molar-refractivity contribution in [2.75, 3.05) is 6.61 Å². The molecule has 9 heteroatoms. The smallest absolute Gasteiger partial charge is 0.460 e. The number of halogens is 7. The Bertz CT molecular complexity index is 508. The molecule has 0 aliphatic carbocycles. The number of unbranched alkanes of at least 4 members (excludes halogenated alkanes) is 18. The van der Waals surface area contributed by atoms with Crippen LogP contribution in [0.4, 0.5) is 30.7 Å². The average molecular weight is 509 g/mol. The first kappa shape index (κ1) is 33.0. The van der Waals surface area contributed by atoms with Gasteiger partial charge in [0.15, 0.2) is 0 Å². The van der Waals surface area contributed by atoms with Crippen molar-refractivity contribution in [1.82, 2.24) is 0 Å². The Labute approximate surface area is 200 Å². The normalized spacial score (nSPS) is 12.8. The van der Waals surface area contributed by atoms with E-state index in [9.17, 15) is 35.5 Å². The maximum absolute atomic E-state index is 13.1. The summed E-state index contributed by atoms with van der Waals surface area (Å²) in [6, 6.07) is 0. The van der Waals surface area contributed by atoms with E-state index in [-0.39, 0.29) is 6.42 Å². The Morgan fingerprint density at radius 3 is 1.12 bits per heavy atom. The first-order valence-corrected chi connectivity index (χ1v) is 13.0. The quantitative estimate of drug-likeness (QED) is 0.0826. The number of carbonyl (C=O) groups is 1. The SMILES string of the molecule is CCCCCCCCCCCCCCCCCCCCCOC(=O)C(F)(F)C(F)(F)C(F)(F)F. The highest BCUT2D eigenvalue weighted by molar-refractivity contribution is 5.79. The van der Waals surface area contributed by atoms with Gasteiger partial charge < -0.3 is 4.74 Å². The van der Waals surface area contributed by atoms with Gasteiger partial charge in [-0.25, -0.2) is 4.79 Å². The summed E-state index contributed by atoms with van der Waals surface area (Å²) >= 11 is 0. The second-order valence-corrected chi connectivity index (χ2v) is 9.15. The summed E-state index contributed by atoms with van der Waals surface area (Å²) in [6.07, 6.45) is 14.9. The van der Waals surface area contributed by atoms with Gasteiger partial charge in [0.2, 0.25) is 0 Å². The lowest BCUT2D eigenvalue weighted by Gasteiger charge is -2.26. The average Bonchev–Trinajstić information content (AvgIpc) is 2.76. The van der Waals surface area contributed by atoms with Crippen LogP contribution in [0.5, 0.6) is 0 Å². The summed E-state index contributed by atoms with van der Waals surface area (Å²) < 4.78 is 91.7. The Kier molecular flexibility index (Phi) is 17.7. The fraction of sp³-hybridized carbons (Fsp3) is 0.960. The van der Waals surface area contributed by atoms with Crippen LogP contribution in [0.25, 0.3) is 0 Å². The van der Waals surface area contributed by atoms with Crippen molar-refractivity contribution in [1.29, 1.82) is 0 Å². The van der Waals surface area contributed by atoms with Gasteiger partial charge in [-0.1, -0.05) is 122 Å². The Balaban J connectivity index is 3.50.